The van der Waals surface area contributed by atoms with Crippen LogP contribution < -0.4 is 16.6 Å². The van der Waals surface area contributed by atoms with Crippen LogP contribution in [0.3, 0.4) is 0 Å². The number of para-hydroxylation sites is 1. The Kier molecular flexibility index (Phi) is 6.17. The SMILES string of the molecule is Cn1c(=O)c(-c2ccccc2F)cn(CC(=O)N2CCC(N3Cc4ccccc4NC3=O)CC2)c1=O. The molecule has 0 bridgehead atoms. The van der Waals surface area contributed by atoms with Gasteiger partial charge in [0.15, 0.2) is 0 Å². The van der Waals surface area contributed by atoms with Crippen LogP contribution in [0.4, 0.5) is 14.9 Å². The lowest BCUT2D eigenvalue weighted by atomic mass is 10.0. The van der Waals surface area contributed by atoms with Crippen LogP contribution >= 0.6 is 0 Å². The van der Waals surface area contributed by atoms with Crippen molar-refractivity contribution in [1.29, 1.82) is 0 Å². The molecule has 1 aromatic heterocycles. The van der Waals surface area contributed by atoms with Gasteiger partial charge in [-0.1, -0.05) is 36.4 Å². The van der Waals surface area contributed by atoms with Crippen molar-refractivity contribution in [2.24, 2.45) is 7.05 Å². The Bertz CT molecular complexity index is 1460. The number of anilines is 1. The minimum Gasteiger partial charge on any atom is -0.341 e. The van der Waals surface area contributed by atoms with Crippen LogP contribution in [-0.2, 0) is 24.9 Å². The number of likely N-dealkylation sites (tertiary alicyclic amines) is 1. The maximum absolute atomic E-state index is 14.3. The molecule has 0 atom stereocenters. The number of hydrogen-bond acceptors (Lipinski definition) is 4. The summed E-state index contributed by atoms with van der Waals surface area (Å²) in [5.41, 5.74) is 0.682. The number of amides is 3. The number of benzene rings is 2. The molecule has 2 aliphatic heterocycles. The Morgan fingerprint density at radius 1 is 1.00 bits per heavy atom. The van der Waals surface area contributed by atoms with Crippen molar-refractivity contribution in [3.05, 3.63) is 86.9 Å². The summed E-state index contributed by atoms with van der Waals surface area (Å²) in [6.45, 7) is 1.13. The molecule has 3 amide bonds. The molecule has 2 aromatic carbocycles. The van der Waals surface area contributed by atoms with E-state index >= 15 is 0 Å². The molecule has 1 saturated heterocycles. The van der Waals surface area contributed by atoms with Crippen molar-refractivity contribution >= 4 is 17.6 Å². The predicted octanol–water partition coefficient (Wildman–Crippen LogP) is 2.39. The molecule has 0 radical (unpaired) electrons. The third-order valence-electron chi connectivity index (χ3n) is 6.94. The molecule has 1 N–H and O–H groups in total. The van der Waals surface area contributed by atoms with Gasteiger partial charge < -0.3 is 15.1 Å². The quantitative estimate of drug-likeness (QED) is 0.606. The average Bonchev–Trinajstić information content (AvgIpc) is 2.89. The van der Waals surface area contributed by atoms with Crippen LogP contribution in [0, 0.1) is 5.82 Å². The molecule has 0 saturated carbocycles. The van der Waals surface area contributed by atoms with Crippen molar-refractivity contribution in [3.8, 4) is 11.1 Å². The number of carbonyl (C=O) groups is 2. The second-order valence-corrected chi connectivity index (χ2v) is 9.12. The van der Waals surface area contributed by atoms with Gasteiger partial charge in [0.1, 0.15) is 12.4 Å². The summed E-state index contributed by atoms with van der Waals surface area (Å²) in [5, 5.41) is 2.93. The van der Waals surface area contributed by atoms with E-state index in [2.05, 4.69) is 5.32 Å². The fourth-order valence-electron chi connectivity index (χ4n) is 4.89. The number of halogens is 1. The predicted molar refractivity (Wildman–Crippen MR) is 132 cm³/mol. The molecule has 3 aromatic rings. The van der Waals surface area contributed by atoms with Crippen LogP contribution in [-0.4, -0.2) is 50.0 Å². The van der Waals surface area contributed by atoms with Gasteiger partial charge in [0.05, 0.1) is 5.56 Å². The van der Waals surface area contributed by atoms with Crippen LogP contribution in [0.5, 0.6) is 0 Å². The van der Waals surface area contributed by atoms with Crippen LogP contribution in [0.15, 0.2) is 64.3 Å². The second kappa shape index (κ2) is 9.44. The highest BCUT2D eigenvalue weighted by molar-refractivity contribution is 5.92. The first-order chi connectivity index (χ1) is 17.3. The Morgan fingerprint density at radius 2 is 1.69 bits per heavy atom. The number of nitrogens with one attached hydrogen (secondary N) is 1. The maximum atomic E-state index is 14.3. The molecule has 0 aliphatic carbocycles. The summed E-state index contributed by atoms with van der Waals surface area (Å²) in [6, 6.07) is 13.4. The number of rotatable bonds is 4. The normalized spacial score (nSPS) is 16.0. The Morgan fingerprint density at radius 3 is 2.44 bits per heavy atom. The van der Waals surface area contributed by atoms with Gasteiger partial charge in [0.25, 0.3) is 5.56 Å². The van der Waals surface area contributed by atoms with Crippen molar-refractivity contribution in [3.63, 3.8) is 0 Å². The fourth-order valence-corrected chi connectivity index (χ4v) is 4.89. The largest absolute Gasteiger partial charge is 0.341 e. The topological polar surface area (TPSA) is 96.7 Å². The summed E-state index contributed by atoms with van der Waals surface area (Å²) in [7, 11) is 1.31. The van der Waals surface area contributed by atoms with E-state index in [1.807, 2.05) is 29.2 Å². The smallest absolute Gasteiger partial charge is 0.331 e. The van der Waals surface area contributed by atoms with Gasteiger partial charge in [-0.15, -0.1) is 0 Å². The molecule has 186 valence electrons. The van der Waals surface area contributed by atoms with Gasteiger partial charge in [-0.05, 0) is 30.5 Å². The van der Waals surface area contributed by atoms with Gasteiger partial charge >= 0.3 is 11.7 Å². The highest BCUT2D eigenvalue weighted by atomic mass is 19.1. The zero-order chi connectivity index (χ0) is 25.4. The molecule has 2 aliphatic rings. The van der Waals surface area contributed by atoms with Crippen LogP contribution in [0.25, 0.3) is 11.1 Å². The summed E-state index contributed by atoms with van der Waals surface area (Å²) < 4.78 is 16.4. The van der Waals surface area contributed by atoms with E-state index in [1.165, 1.54) is 31.4 Å². The van der Waals surface area contributed by atoms with Gasteiger partial charge in [-0.2, -0.15) is 0 Å². The van der Waals surface area contributed by atoms with Gasteiger partial charge in [-0.25, -0.2) is 14.0 Å². The summed E-state index contributed by atoms with van der Waals surface area (Å²) in [5.74, 6) is -0.861. The minimum atomic E-state index is -0.646. The molecule has 3 heterocycles. The highest BCUT2D eigenvalue weighted by Crippen LogP contribution is 2.27. The Labute approximate surface area is 206 Å². The molecule has 5 rings (SSSR count). The van der Waals surface area contributed by atoms with E-state index in [-0.39, 0.29) is 35.7 Å². The molecular formula is C26H26FN5O4. The Hall–Kier alpha value is -4.21. The number of carbonyl (C=O) groups excluding carboxylic acids is 2. The number of hydrogen-bond donors (Lipinski definition) is 1. The lowest BCUT2D eigenvalue weighted by Crippen LogP contribution is -2.51. The lowest BCUT2D eigenvalue weighted by molar-refractivity contribution is -0.133. The summed E-state index contributed by atoms with van der Waals surface area (Å²) in [4.78, 5) is 54.4. The number of urea groups is 1. The van der Waals surface area contributed by atoms with E-state index in [0.717, 1.165) is 20.4 Å². The van der Waals surface area contributed by atoms with E-state index in [0.29, 0.717) is 32.5 Å². The van der Waals surface area contributed by atoms with Crippen molar-refractivity contribution in [2.45, 2.75) is 32.0 Å². The molecule has 1 fully saturated rings. The third kappa shape index (κ3) is 4.30. The van der Waals surface area contributed by atoms with Crippen LogP contribution in [0.2, 0.25) is 0 Å². The monoisotopic (exact) mass is 491 g/mol. The summed E-state index contributed by atoms with van der Waals surface area (Å²) >= 11 is 0. The lowest BCUT2D eigenvalue weighted by Gasteiger charge is -2.40. The fraction of sp³-hybridized carbons (Fsp3) is 0.308. The molecule has 9 nitrogen and oxygen atoms in total. The van der Waals surface area contributed by atoms with Gasteiger partial charge in [0.2, 0.25) is 5.91 Å². The summed E-state index contributed by atoms with van der Waals surface area (Å²) in [6.07, 6.45) is 2.48. The van der Waals surface area contributed by atoms with Crippen molar-refractivity contribution in [1.82, 2.24) is 18.9 Å². The standard InChI is InChI=1S/C26H26FN5O4/c1-29-24(34)20(19-7-3-4-8-21(19)27)15-31(26(29)36)16-23(33)30-12-10-18(11-13-30)32-14-17-6-2-5-9-22(17)28-25(32)35/h2-9,15,18H,10-14,16H2,1H3,(H,28,35). The number of nitrogens with zero attached hydrogens (tertiary/aromatic N) is 4. The number of fused-ring (bicyclic) bond motifs is 1. The zero-order valence-corrected chi connectivity index (χ0v) is 19.8. The average molecular weight is 492 g/mol. The third-order valence-corrected chi connectivity index (χ3v) is 6.94. The first-order valence-corrected chi connectivity index (χ1v) is 11.8. The van der Waals surface area contributed by atoms with Crippen molar-refractivity contribution in [2.75, 3.05) is 18.4 Å². The molecule has 0 spiro atoms. The van der Waals surface area contributed by atoms with E-state index < -0.39 is 17.1 Å². The maximum Gasteiger partial charge on any atom is 0.331 e. The highest BCUT2D eigenvalue weighted by Gasteiger charge is 2.32. The van der Waals surface area contributed by atoms with Crippen LogP contribution in [0.1, 0.15) is 18.4 Å². The van der Waals surface area contributed by atoms with Gasteiger partial charge in [0, 0.05) is 50.2 Å². The minimum absolute atomic E-state index is 0.00432. The Balaban J connectivity index is 1.28. The zero-order valence-electron chi connectivity index (χ0n) is 19.8. The molecule has 10 heteroatoms. The van der Waals surface area contributed by atoms with E-state index in [1.54, 1.807) is 11.0 Å². The first-order valence-electron chi connectivity index (χ1n) is 11.8. The molecule has 36 heavy (non-hydrogen) atoms. The van der Waals surface area contributed by atoms with Crippen molar-refractivity contribution < 1.29 is 14.0 Å². The van der Waals surface area contributed by atoms with E-state index in [9.17, 15) is 23.6 Å². The molecular weight excluding hydrogens is 465 g/mol. The number of aromatic nitrogens is 2. The van der Waals surface area contributed by atoms with E-state index in [4.69, 9.17) is 0 Å². The second-order valence-electron chi connectivity index (χ2n) is 9.12. The van der Waals surface area contributed by atoms with Gasteiger partial charge in [-0.3, -0.25) is 18.7 Å². The number of piperidine rings is 1. The molecule has 0 unspecified atom stereocenters. The first kappa shape index (κ1) is 23.5.